The quantitative estimate of drug-likeness (QED) is 0.765. The fourth-order valence-corrected chi connectivity index (χ4v) is 2.42. The Morgan fingerprint density at radius 1 is 1.23 bits per heavy atom. The number of aryl methyl sites for hydroxylation is 2. The third-order valence-corrected chi connectivity index (χ3v) is 3.58. The van der Waals surface area contributed by atoms with E-state index in [9.17, 15) is 14.7 Å². The van der Waals surface area contributed by atoms with Crippen molar-refractivity contribution in [2.45, 2.75) is 20.3 Å². The fourth-order valence-electron chi connectivity index (χ4n) is 2.42. The third kappa shape index (κ3) is 3.97. The van der Waals surface area contributed by atoms with Crippen molar-refractivity contribution in [3.63, 3.8) is 0 Å². The second kappa shape index (κ2) is 6.93. The van der Waals surface area contributed by atoms with Crippen molar-refractivity contribution in [1.29, 1.82) is 0 Å². The summed E-state index contributed by atoms with van der Waals surface area (Å²) in [5, 5.41) is 12.0. The third-order valence-electron chi connectivity index (χ3n) is 3.58. The van der Waals surface area contributed by atoms with E-state index in [0.717, 1.165) is 17.0 Å². The van der Waals surface area contributed by atoms with Crippen molar-refractivity contribution < 1.29 is 14.7 Å². The van der Waals surface area contributed by atoms with Crippen LogP contribution in [0.1, 0.15) is 27.3 Å². The minimum Gasteiger partial charge on any atom is -0.481 e. The first kappa shape index (κ1) is 15.8. The number of aliphatic carboxylic acids is 1. The van der Waals surface area contributed by atoms with Gasteiger partial charge < -0.3 is 15.4 Å². The van der Waals surface area contributed by atoms with E-state index in [-0.39, 0.29) is 12.5 Å². The van der Waals surface area contributed by atoms with Crippen LogP contribution in [0.5, 0.6) is 0 Å². The van der Waals surface area contributed by atoms with E-state index in [2.05, 4.69) is 10.3 Å². The van der Waals surface area contributed by atoms with Gasteiger partial charge in [-0.25, -0.2) is 0 Å². The highest BCUT2D eigenvalue weighted by Gasteiger charge is 2.20. The van der Waals surface area contributed by atoms with Gasteiger partial charge in [-0.1, -0.05) is 30.3 Å². The molecule has 0 fully saturated rings. The number of benzene rings is 1. The van der Waals surface area contributed by atoms with E-state index in [1.165, 1.54) is 0 Å². The normalized spacial score (nSPS) is 11.9. The summed E-state index contributed by atoms with van der Waals surface area (Å²) in [6.07, 6.45) is 0.390. The minimum absolute atomic E-state index is 0.104. The maximum atomic E-state index is 12.1. The molecule has 1 aromatic carbocycles. The Bertz CT molecular complexity index is 662. The van der Waals surface area contributed by atoms with Gasteiger partial charge in [0.15, 0.2) is 0 Å². The lowest BCUT2D eigenvalue weighted by Crippen LogP contribution is -2.34. The summed E-state index contributed by atoms with van der Waals surface area (Å²) in [5.41, 5.74) is 3.19. The van der Waals surface area contributed by atoms with E-state index >= 15 is 0 Å². The molecule has 0 aliphatic carbocycles. The van der Waals surface area contributed by atoms with Crippen LogP contribution in [0.15, 0.2) is 36.4 Å². The first-order valence-corrected chi connectivity index (χ1v) is 7.18. The van der Waals surface area contributed by atoms with Crippen LogP contribution in [0.2, 0.25) is 0 Å². The molecule has 0 radical (unpaired) electrons. The number of carboxylic acid groups (broad SMARTS) is 1. The maximum absolute atomic E-state index is 12.1. The molecule has 0 bridgehead atoms. The van der Waals surface area contributed by atoms with Crippen molar-refractivity contribution in [3.05, 3.63) is 58.9 Å². The molecule has 0 aliphatic rings. The van der Waals surface area contributed by atoms with Crippen molar-refractivity contribution in [3.8, 4) is 0 Å². The molecule has 22 heavy (non-hydrogen) atoms. The summed E-state index contributed by atoms with van der Waals surface area (Å²) in [4.78, 5) is 26.6. The topological polar surface area (TPSA) is 82.2 Å². The monoisotopic (exact) mass is 300 g/mol. The number of aromatic nitrogens is 1. The molecule has 1 unspecified atom stereocenters. The van der Waals surface area contributed by atoms with Gasteiger partial charge in [0.25, 0.3) is 5.91 Å². The predicted octanol–water partition coefficient (Wildman–Crippen LogP) is 2.30. The number of carbonyl (C=O) groups is 2. The van der Waals surface area contributed by atoms with Gasteiger partial charge in [-0.2, -0.15) is 0 Å². The number of amides is 1. The molecule has 3 N–H and O–H groups in total. The van der Waals surface area contributed by atoms with Gasteiger partial charge in [-0.15, -0.1) is 0 Å². The van der Waals surface area contributed by atoms with Gasteiger partial charge >= 0.3 is 5.97 Å². The average molecular weight is 300 g/mol. The van der Waals surface area contributed by atoms with E-state index in [1.54, 1.807) is 6.07 Å². The zero-order chi connectivity index (χ0) is 16.1. The summed E-state index contributed by atoms with van der Waals surface area (Å²) in [6, 6.07) is 11.2. The van der Waals surface area contributed by atoms with Crippen LogP contribution in [0.25, 0.3) is 0 Å². The maximum Gasteiger partial charge on any atom is 0.308 e. The van der Waals surface area contributed by atoms with E-state index in [4.69, 9.17) is 0 Å². The molecule has 2 aromatic rings. The second-order valence-corrected chi connectivity index (χ2v) is 5.43. The molecule has 1 aromatic heterocycles. The fraction of sp³-hybridized carbons (Fsp3) is 0.294. The predicted molar refractivity (Wildman–Crippen MR) is 83.9 cm³/mol. The number of aromatic amines is 1. The molecular formula is C17H20N2O3. The molecule has 0 saturated carbocycles. The second-order valence-electron chi connectivity index (χ2n) is 5.43. The lowest BCUT2D eigenvalue weighted by molar-refractivity contribution is -0.141. The Hall–Kier alpha value is -2.56. The summed E-state index contributed by atoms with van der Waals surface area (Å²) in [7, 11) is 0. The summed E-state index contributed by atoms with van der Waals surface area (Å²) < 4.78 is 0. The highest BCUT2D eigenvalue weighted by molar-refractivity contribution is 5.95. The number of rotatable bonds is 6. The largest absolute Gasteiger partial charge is 0.481 e. The standard InChI is InChI=1S/C17H20N2O3/c1-11-8-15(12(2)19-11)16(20)18-10-14(17(21)22)9-13-6-4-3-5-7-13/h3-8,14,19H,9-10H2,1-2H3,(H,18,20)(H,21,22). The van der Waals surface area contributed by atoms with E-state index in [0.29, 0.717) is 12.0 Å². The molecule has 5 heteroatoms. The van der Waals surface area contributed by atoms with Crippen LogP contribution in [0.3, 0.4) is 0 Å². The van der Waals surface area contributed by atoms with Crippen LogP contribution >= 0.6 is 0 Å². The Balaban J connectivity index is 1.99. The number of nitrogens with one attached hydrogen (secondary N) is 2. The molecule has 0 aliphatic heterocycles. The highest BCUT2D eigenvalue weighted by Crippen LogP contribution is 2.11. The minimum atomic E-state index is -0.911. The van der Waals surface area contributed by atoms with Gasteiger partial charge in [0.1, 0.15) is 0 Å². The lowest BCUT2D eigenvalue weighted by Gasteiger charge is -2.13. The van der Waals surface area contributed by atoms with Crippen LogP contribution in [-0.2, 0) is 11.2 Å². The molecule has 0 spiro atoms. The van der Waals surface area contributed by atoms with Gasteiger partial charge in [0.05, 0.1) is 11.5 Å². The number of H-pyrrole nitrogens is 1. The molecule has 1 amide bonds. The van der Waals surface area contributed by atoms with Gasteiger partial charge in [-0.05, 0) is 31.9 Å². The average Bonchev–Trinajstić information content (AvgIpc) is 2.82. The van der Waals surface area contributed by atoms with Crippen LogP contribution in [0.4, 0.5) is 0 Å². The first-order chi connectivity index (χ1) is 10.5. The van der Waals surface area contributed by atoms with Crippen molar-refractivity contribution in [1.82, 2.24) is 10.3 Å². The van der Waals surface area contributed by atoms with E-state index < -0.39 is 11.9 Å². The molecule has 1 atom stereocenters. The SMILES string of the molecule is Cc1cc(C(=O)NCC(Cc2ccccc2)C(=O)O)c(C)[nH]1. The van der Waals surface area contributed by atoms with Crippen molar-refractivity contribution in [2.24, 2.45) is 5.92 Å². The van der Waals surface area contributed by atoms with Crippen LogP contribution in [-0.4, -0.2) is 28.5 Å². The molecule has 5 nitrogen and oxygen atoms in total. The van der Waals surface area contributed by atoms with Crippen molar-refractivity contribution >= 4 is 11.9 Å². The van der Waals surface area contributed by atoms with Gasteiger partial charge in [-0.3, -0.25) is 9.59 Å². The van der Waals surface area contributed by atoms with Gasteiger partial charge in [0, 0.05) is 17.9 Å². The zero-order valence-electron chi connectivity index (χ0n) is 12.7. The zero-order valence-corrected chi connectivity index (χ0v) is 12.7. The van der Waals surface area contributed by atoms with Crippen LogP contribution < -0.4 is 5.32 Å². The number of hydrogen-bond acceptors (Lipinski definition) is 2. The molecule has 2 rings (SSSR count). The summed E-state index contributed by atoms with van der Waals surface area (Å²) in [6.45, 7) is 3.80. The molecule has 1 heterocycles. The summed E-state index contributed by atoms with van der Waals surface area (Å²) >= 11 is 0. The molecular weight excluding hydrogens is 280 g/mol. The lowest BCUT2D eigenvalue weighted by atomic mass is 9.99. The number of carbonyl (C=O) groups excluding carboxylic acids is 1. The number of hydrogen-bond donors (Lipinski definition) is 3. The summed E-state index contributed by atoms with van der Waals surface area (Å²) in [5.74, 6) is -1.81. The smallest absolute Gasteiger partial charge is 0.308 e. The first-order valence-electron chi connectivity index (χ1n) is 7.18. The number of carboxylic acids is 1. The van der Waals surface area contributed by atoms with Gasteiger partial charge in [0.2, 0.25) is 0 Å². The Morgan fingerprint density at radius 2 is 1.91 bits per heavy atom. The molecule has 116 valence electrons. The van der Waals surface area contributed by atoms with E-state index in [1.807, 2.05) is 44.2 Å². The Kier molecular flexibility index (Phi) is 4.99. The Morgan fingerprint density at radius 3 is 2.45 bits per heavy atom. The Labute approximate surface area is 129 Å². The molecule has 0 saturated heterocycles. The highest BCUT2D eigenvalue weighted by atomic mass is 16.4. The van der Waals surface area contributed by atoms with Crippen molar-refractivity contribution in [2.75, 3.05) is 6.54 Å². The van der Waals surface area contributed by atoms with Crippen LogP contribution in [0, 0.1) is 19.8 Å².